The van der Waals surface area contributed by atoms with Crippen molar-refractivity contribution in [2.24, 2.45) is 0 Å². The molecule has 1 aliphatic rings. The molecule has 8 nitrogen and oxygen atoms in total. The summed E-state index contributed by atoms with van der Waals surface area (Å²) >= 11 is 0. The molecule has 0 aliphatic heterocycles. The highest BCUT2D eigenvalue weighted by atomic mass is 16.5. The molecule has 1 fully saturated rings. The number of benzene rings is 2. The summed E-state index contributed by atoms with van der Waals surface area (Å²) in [5.74, 6) is 3.25. The summed E-state index contributed by atoms with van der Waals surface area (Å²) in [5.41, 5.74) is 4.50. The minimum absolute atomic E-state index is 0.581. The highest BCUT2D eigenvalue weighted by Crippen LogP contribution is 2.43. The van der Waals surface area contributed by atoms with Crippen LogP contribution in [0.25, 0.3) is 10.9 Å². The number of para-hydroxylation sites is 1. The Morgan fingerprint density at radius 2 is 1.85 bits per heavy atom. The van der Waals surface area contributed by atoms with Crippen LogP contribution >= 0.6 is 0 Å². The third-order valence-electron chi connectivity index (χ3n) is 5.24. The van der Waals surface area contributed by atoms with Gasteiger partial charge in [-0.05, 0) is 56.4 Å². The topological polar surface area (TPSA) is 105 Å². The molecule has 3 N–H and O–H groups in total. The molecule has 0 bridgehead atoms. The highest BCUT2D eigenvalue weighted by Gasteiger charge is 2.25. The molecule has 2 aromatic carbocycles. The highest BCUT2D eigenvalue weighted by molar-refractivity contribution is 5.91. The van der Waals surface area contributed by atoms with Crippen LogP contribution in [-0.2, 0) is 4.79 Å². The molecule has 2 heterocycles. The van der Waals surface area contributed by atoms with E-state index in [1.807, 2.05) is 57.2 Å². The van der Waals surface area contributed by atoms with Gasteiger partial charge in [0.15, 0.2) is 17.4 Å². The van der Waals surface area contributed by atoms with Gasteiger partial charge >= 0.3 is 0 Å². The van der Waals surface area contributed by atoms with Crippen LogP contribution in [0.3, 0.4) is 0 Å². The van der Waals surface area contributed by atoms with Gasteiger partial charge in [0.2, 0.25) is 6.41 Å². The Bertz CT molecular complexity index is 1230. The molecule has 8 heteroatoms. The molecule has 5 rings (SSSR count). The summed E-state index contributed by atoms with van der Waals surface area (Å²) in [7, 11) is 1.59. The van der Waals surface area contributed by atoms with Gasteiger partial charge in [-0.2, -0.15) is 5.10 Å². The Kier molecular flexibility index (Phi) is 8.56. The number of carbonyl (C=O) groups is 1. The average Bonchev–Trinajstić information content (AvgIpc) is 3.63. The van der Waals surface area contributed by atoms with E-state index in [2.05, 4.69) is 43.8 Å². The number of methoxy groups -OCH3 is 1. The van der Waals surface area contributed by atoms with Gasteiger partial charge in [0, 0.05) is 11.1 Å². The van der Waals surface area contributed by atoms with Crippen molar-refractivity contribution in [3.05, 3.63) is 65.6 Å². The molecule has 178 valence electrons. The van der Waals surface area contributed by atoms with Crippen molar-refractivity contribution < 1.29 is 9.53 Å². The van der Waals surface area contributed by atoms with Crippen molar-refractivity contribution in [2.45, 2.75) is 46.5 Å². The van der Waals surface area contributed by atoms with Crippen LogP contribution in [0.4, 0.5) is 17.3 Å². The Morgan fingerprint density at radius 3 is 2.56 bits per heavy atom. The number of fused-ring (bicyclic) bond motifs is 1. The number of rotatable bonds is 6. The number of nitrogens with zero attached hydrogens (tertiary/aromatic N) is 3. The van der Waals surface area contributed by atoms with Crippen LogP contribution in [0, 0.1) is 13.8 Å². The SMILES string of the molecule is CC.COc1cnc(C)nc1Nc1n[nH]c2ccccc12.Cc1ccc(NC=O)c(C2CC2)c1. The van der Waals surface area contributed by atoms with Crippen molar-refractivity contribution in [3.63, 3.8) is 0 Å². The molecule has 34 heavy (non-hydrogen) atoms. The number of hydrogen-bond acceptors (Lipinski definition) is 6. The second-order valence-electron chi connectivity index (χ2n) is 7.70. The van der Waals surface area contributed by atoms with E-state index in [4.69, 9.17) is 4.74 Å². The molecule has 0 spiro atoms. The van der Waals surface area contributed by atoms with Crippen LogP contribution in [0.5, 0.6) is 5.75 Å². The molecule has 0 radical (unpaired) electrons. The lowest BCUT2D eigenvalue weighted by atomic mass is 10.1. The van der Waals surface area contributed by atoms with Gasteiger partial charge in [0.05, 0.1) is 18.8 Å². The molecule has 0 saturated heterocycles. The smallest absolute Gasteiger partial charge is 0.211 e. The van der Waals surface area contributed by atoms with Crippen LogP contribution in [0.2, 0.25) is 0 Å². The first-order valence-corrected chi connectivity index (χ1v) is 11.5. The molecule has 2 aromatic heterocycles. The van der Waals surface area contributed by atoms with Gasteiger partial charge in [0.25, 0.3) is 0 Å². The van der Waals surface area contributed by atoms with E-state index in [1.165, 1.54) is 24.0 Å². The van der Waals surface area contributed by atoms with Gasteiger partial charge in [-0.25, -0.2) is 9.97 Å². The molecule has 1 aliphatic carbocycles. The lowest BCUT2D eigenvalue weighted by molar-refractivity contribution is -0.105. The van der Waals surface area contributed by atoms with Crippen molar-refractivity contribution in [1.82, 2.24) is 20.2 Å². The molecular weight excluding hydrogens is 428 g/mol. The van der Waals surface area contributed by atoms with E-state index >= 15 is 0 Å². The summed E-state index contributed by atoms with van der Waals surface area (Å²) in [6.07, 6.45) is 4.91. The van der Waals surface area contributed by atoms with Crippen molar-refractivity contribution >= 4 is 34.6 Å². The molecule has 4 aromatic rings. The fourth-order valence-corrected chi connectivity index (χ4v) is 3.48. The second-order valence-corrected chi connectivity index (χ2v) is 7.70. The first kappa shape index (κ1) is 24.7. The summed E-state index contributed by atoms with van der Waals surface area (Å²) in [6, 6.07) is 14.1. The number of aromatic nitrogens is 4. The Balaban J connectivity index is 0.000000189. The summed E-state index contributed by atoms with van der Waals surface area (Å²) in [4.78, 5) is 18.8. The predicted octanol–water partition coefficient (Wildman–Crippen LogP) is 5.88. The maximum absolute atomic E-state index is 10.3. The Labute approximate surface area is 200 Å². The third kappa shape index (κ3) is 6.10. The van der Waals surface area contributed by atoms with Gasteiger partial charge in [-0.15, -0.1) is 0 Å². The van der Waals surface area contributed by atoms with E-state index < -0.39 is 0 Å². The predicted molar refractivity (Wildman–Crippen MR) is 137 cm³/mol. The first-order valence-electron chi connectivity index (χ1n) is 11.5. The maximum atomic E-state index is 10.3. The summed E-state index contributed by atoms with van der Waals surface area (Å²) < 4.78 is 5.24. The number of aromatic amines is 1. The largest absolute Gasteiger partial charge is 0.491 e. The van der Waals surface area contributed by atoms with Crippen molar-refractivity contribution in [3.8, 4) is 5.75 Å². The van der Waals surface area contributed by atoms with E-state index in [1.54, 1.807) is 13.3 Å². The monoisotopic (exact) mass is 460 g/mol. The van der Waals surface area contributed by atoms with Crippen LogP contribution in [-0.4, -0.2) is 33.7 Å². The molecule has 1 amide bonds. The number of carbonyl (C=O) groups excluding carboxylic acids is 1. The fraction of sp³-hybridized carbons (Fsp3) is 0.308. The number of H-pyrrole nitrogens is 1. The number of aryl methyl sites for hydroxylation is 2. The van der Waals surface area contributed by atoms with Gasteiger partial charge in [0.1, 0.15) is 5.82 Å². The zero-order valence-corrected chi connectivity index (χ0v) is 20.3. The molecule has 1 saturated carbocycles. The van der Waals surface area contributed by atoms with Crippen LogP contribution in [0.15, 0.2) is 48.7 Å². The minimum atomic E-state index is 0.581. The normalized spacial score (nSPS) is 12.0. The quantitative estimate of drug-likeness (QED) is 0.310. The zero-order valence-electron chi connectivity index (χ0n) is 20.3. The van der Waals surface area contributed by atoms with Crippen LogP contribution < -0.4 is 15.4 Å². The van der Waals surface area contributed by atoms with Gasteiger partial charge in [-0.1, -0.05) is 43.7 Å². The molecule has 0 unspecified atom stereocenters. The lowest BCUT2D eigenvalue weighted by Crippen LogP contribution is -2.01. The van der Waals surface area contributed by atoms with Crippen molar-refractivity contribution in [2.75, 3.05) is 17.7 Å². The standard InChI is InChI=1S/C13H13N5O.C11H13NO.C2H6/c1-8-14-7-11(19-2)13(15-8)16-12-9-5-3-4-6-10(9)17-18-12;1-8-2-5-11(12-7-13)10(6-8)9-3-4-9;1-2/h3-7H,1-2H3,(H2,14,15,16,17,18);2,5-7,9H,3-4H2,1H3,(H,12,13);1-2H3. The summed E-state index contributed by atoms with van der Waals surface area (Å²) in [6.45, 7) is 7.91. The van der Waals surface area contributed by atoms with E-state index in [-0.39, 0.29) is 0 Å². The van der Waals surface area contributed by atoms with Gasteiger partial charge < -0.3 is 15.4 Å². The summed E-state index contributed by atoms with van der Waals surface area (Å²) in [5, 5.41) is 14.1. The number of nitrogens with one attached hydrogen (secondary N) is 3. The second kappa shape index (κ2) is 11.8. The van der Waals surface area contributed by atoms with E-state index in [0.29, 0.717) is 29.1 Å². The number of ether oxygens (including phenoxy) is 1. The average molecular weight is 461 g/mol. The molecular formula is C26H32N6O2. The third-order valence-corrected chi connectivity index (χ3v) is 5.24. The van der Waals surface area contributed by atoms with E-state index in [0.717, 1.165) is 23.0 Å². The minimum Gasteiger partial charge on any atom is -0.491 e. The Hall–Kier alpha value is -3.94. The fourth-order valence-electron chi connectivity index (χ4n) is 3.48. The Morgan fingerprint density at radius 1 is 1.09 bits per heavy atom. The van der Waals surface area contributed by atoms with Crippen molar-refractivity contribution in [1.29, 1.82) is 0 Å². The van der Waals surface area contributed by atoms with Gasteiger partial charge in [-0.3, -0.25) is 9.89 Å². The number of hydrogen-bond donors (Lipinski definition) is 3. The van der Waals surface area contributed by atoms with E-state index in [9.17, 15) is 4.79 Å². The molecule has 0 atom stereocenters. The lowest BCUT2D eigenvalue weighted by Gasteiger charge is -2.08. The first-order chi connectivity index (χ1) is 16.6. The zero-order chi connectivity index (χ0) is 24.5. The maximum Gasteiger partial charge on any atom is 0.211 e. The number of anilines is 3. The van der Waals surface area contributed by atoms with Crippen LogP contribution in [0.1, 0.15) is 49.6 Å². The number of amides is 1.